The number of amides is 1. The van der Waals surface area contributed by atoms with Gasteiger partial charge >= 0.3 is 0 Å². The molecular formula is C27H28FN7O. The number of nitrogens with zero attached hydrogens (tertiary/aromatic N) is 5. The highest BCUT2D eigenvalue weighted by Crippen LogP contribution is 2.42. The predicted octanol–water partition coefficient (Wildman–Crippen LogP) is 4.91. The molecule has 4 heterocycles. The number of carbonyl (C=O) groups is 1. The number of fused-ring (bicyclic) bond motifs is 2. The molecule has 6 rings (SSSR count). The van der Waals surface area contributed by atoms with Crippen LogP contribution in [-0.2, 0) is 16.8 Å². The molecule has 4 aromatic rings. The van der Waals surface area contributed by atoms with E-state index in [1.165, 1.54) is 31.7 Å². The normalized spacial score (nSPS) is 16.9. The molecule has 184 valence electrons. The number of carbonyl (C=O) groups excluding carboxylic acids is 1. The lowest BCUT2D eigenvalue weighted by Gasteiger charge is -2.20. The second kappa shape index (κ2) is 8.65. The Balaban J connectivity index is 1.45. The van der Waals surface area contributed by atoms with Crippen LogP contribution < -0.4 is 10.6 Å². The Bertz CT molecular complexity index is 1470. The van der Waals surface area contributed by atoms with Gasteiger partial charge < -0.3 is 10.6 Å². The minimum atomic E-state index is -0.750. The van der Waals surface area contributed by atoms with Crippen LogP contribution in [0.5, 0.6) is 0 Å². The first-order valence-corrected chi connectivity index (χ1v) is 12.4. The first kappa shape index (κ1) is 22.6. The van der Waals surface area contributed by atoms with Crippen LogP contribution in [0.15, 0.2) is 42.6 Å². The third-order valence-corrected chi connectivity index (χ3v) is 7.36. The van der Waals surface area contributed by atoms with Gasteiger partial charge in [-0.25, -0.2) is 24.0 Å². The van der Waals surface area contributed by atoms with Crippen molar-refractivity contribution in [2.75, 3.05) is 17.2 Å². The zero-order valence-corrected chi connectivity index (χ0v) is 20.4. The van der Waals surface area contributed by atoms with Gasteiger partial charge in [0.2, 0.25) is 5.91 Å². The second-order valence-corrected chi connectivity index (χ2v) is 10.2. The molecule has 0 radical (unpaired) electrons. The van der Waals surface area contributed by atoms with Crippen molar-refractivity contribution in [3.63, 3.8) is 0 Å². The largest absolute Gasteiger partial charge is 0.369 e. The Morgan fingerprint density at radius 3 is 2.75 bits per heavy atom. The van der Waals surface area contributed by atoms with Crippen molar-refractivity contribution in [2.45, 2.75) is 51.5 Å². The number of aromatic nitrogens is 5. The maximum absolute atomic E-state index is 14.4. The van der Waals surface area contributed by atoms with E-state index in [1.807, 2.05) is 26.0 Å². The fourth-order valence-electron chi connectivity index (χ4n) is 5.28. The third kappa shape index (κ3) is 3.79. The highest BCUT2D eigenvalue weighted by atomic mass is 19.1. The molecule has 0 bridgehead atoms. The molecule has 2 aliphatic rings. The van der Waals surface area contributed by atoms with Crippen LogP contribution in [0.3, 0.4) is 0 Å². The first-order valence-electron chi connectivity index (χ1n) is 12.4. The second-order valence-electron chi connectivity index (χ2n) is 10.2. The molecule has 2 N–H and O–H groups in total. The molecule has 9 heteroatoms. The molecule has 0 unspecified atom stereocenters. The quantitative estimate of drug-likeness (QED) is 0.403. The van der Waals surface area contributed by atoms with Gasteiger partial charge in [-0.1, -0.05) is 31.0 Å². The monoisotopic (exact) mass is 485 g/mol. The average molecular weight is 486 g/mol. The number of anilines is 2. The zero-order chi connectivity index (χ0) is 24.9. The number of rotatable bonds is 6. The van der Waals surface area contributed by atoms with E-state index in [0.29, 0.717) is 40.3 Å². The van der Waals surface area contributed by atoms with Crippen LogP contribution in [0.25, 0.3) is 22.6 Å². The molecular weight excluding hydrogens is 457 g/mol. The van der Waals surface area contributed by atoms with Gasteiger partial charge in [-0.3, -0.25) is 4.79 Å². The minimum Gasteiger partial charge on any atom is -0.369 e. The fraction of sp³-hybridized carbons (Fsp3) is 0.370. The average Bonchev–Trinajstić information content (AvgIpc) is 3.57. The number of hydrogen-bond donors (Lipinski definition) is 2. The Kier molecular flexibility index (Phi) is 5.43. The van der Waals surface area contributed by atoms with Crippen molar-refractivity contribution in [3.05, 3.63) is 59.5 Å². The van der Waals surface area contributed by atoms with Gasteiger partial charge in [0.05, 0.1) is 22.9 Å². The lowest BCUT2D eigenvalue weighted by molar-refractivity contribution is -0.119. The standard InChI is InChI=1S/C27H28FN7O/c1-27(2)20-22(30-14-16-8-3-4-9-16)31-24(32-23(20)33-26(27)36)21-18-11-7-13-29-25(18)35(34-21)15-17-10-5-6-12-19(17)28/h5-7,10-13,16H,3-4,8-9,14-15H2,1-2H3,(H2,30,31,32,33,36). The van der Waals surface area contributed by atoms with E-state index in [0.717, 1.165) is 17.5 Å². The molecule has 0 saturated heterocycles. The van der Waals surface area contributed by atoms with Crippen molar-refractivity contribution in [1.82, 2.24) is 24.7 Å². The predicted molar refractivity (Wildman–Crippen MR) is 136 cm³/mol. The summed E-state index contributed by atoms with van der Waals surface area (Å²) in [4.78, 5) is 26.9. The summed E-state index contributed by atoms with van der Waals surface area (Å²) in [5.41, 5.74) is 1.70. The highest BCUT2D eigenvalue weighted by Gasteiger charge is 2.43. The van der Waals surface area contributed by atoms with Crippen LogP contribution in [0, 0.1) is 11.7 Å². The summed E-state index contributed by atoms with van der Waals surface area (Å²) >= 11 is 0. The lowest BCUT2D eigenvalue weighted by Crippen LogP contribution is -2.28. The molecule has 1 aliphatic heterocycles. The molecule has 8 nitrogen and oxygen atoms in total. The molecule has 1 aliphatic carbocycles. The SMILES string of the molecule is CC1(C)C(=O)Nc2nc(-c3nn(Cc4ccccc4F)c4ncccc34)nc(NCC3CCCC3)c21. The van der Waals surface area contributed by atoms with Gasteiger partial charge in [-0.2, -0.15) is 5.10 Å². The molecule has 3 aromatic heterocycles. The van der Waals surface area contributed by atoms with Crippen molar-refractivity contribution >= 4 is 28.6 Å². The summed E-state index contributed by atoms with van der Waals surface area (Å²) in [6.45, 7) is 4.81. The van der Waals surface area contributed by atoms with Gasteiger partial charge in [0.25, 0.3) is 0 Å². The van der Waals surface area contributed by atoms with Crippen LogP contribution in [-0.4, -0.2) is 37.2 Å². The van der Waals surface area contributed by atoms with Crippen molar-refractivity contribution in [1.29, 1.82) is 0 Å². The summed E-state index contributed by atoms with van der Waals surface area (Å²) in [5, 5.41) is 12.0. The van der Waals surface area contributed by atoms with E-state index in [1.54, 1.807) is 29.1 Å². The zero-order valence-electron chi connectivity index (χ0n) is 20.4. The molecule has 1 aromatic carbocycles. The van der Waals surface area contributed by atoms with E-state index < -0.39 is 5.41 Å². The van der Waals surface area contributed by atoms with Crippen LogP contribution in [0.4, 0.5) is 16.0 Å². The Hall–Kier alpha value is -3.88. The molecule has 1 amide bonds. The number of halogens is 1. The van der Waals surface area contributed by atoms with E-state index in [9.17, 15) is 9.18 Å². The maximum atomic E-state index is 14.4. The van der Waals surface area contributed by atoms with Crippen molar-refractivity contribution in [2.24, 2.45) is 5.92 Å². The molecule has 36 heavy (non-hydrogen) atoms. The van der Waals surface area contributed by atoms with Crippen molar-refractivity contribution < 1.29 is 9.18 Å². The summed E-state index contributed by atoms with van der Waals surface area (Å²) in [6.07, 6.45) is 6.59. The number of hydrogen-bond acceptors (Lipinski definition) is 6. The van der Waals surface area contributed by atoms with Gasteiger partial charge in [0, 0.05) is 18.3 Å². The summed E-state index contributed by atoms with van der Waals surface area (Å²) < 4.78 is 16.1. The summed E-state index contributed by atoms with van der Waals surface area (Å²) in [5.74, 6) is 1.75. The highest BCUT2D eigenvalue weighted by molar-refractivity contribution is 6.06. The smallest absolute Gasteiger partial charge is 0.235 e. The lowest BCUT2D eigenvalue weighted by atomic mass is 9.87. The summed E-state index contributed by atoms with van der Waals surface area (Å²) in [7, 11) is 0. The van der Waals surface area contributed by atoms with Crippen molar-refractivity contribution in [3.8, 4) is 11.5 Å². The van der Waals surface area contributed by atoms with E-state index in [-0.39, 0.29) is 18.3 Å². The topological polar surface area (TPSA) is 97.6 Å². The molecule has 0 spiro atoms. The first-order chi connectivity index (χ1) is 17.4. The van der Waals surface area contributed by atoms with Gasteiger partial charge in [-0.05, 0) is 50.8 Å². The third-order valence-electron chi connectivity index (χ3n) is 7.36. The Morgan fingerprint density at radius 2 is 1.94 bits per heavy atom. The maximum Gasteiger partial charge on any atom is 0.235 e. The van der Waals surface area contributed by atoms with Gasteiger partial charge in [0.1, 0.15) is 23.1 Å². The number of nitrogens with one attached hydrogen (secondary N) is 2. The fourth-order valence-corrected chi connectivity index (χ4v) is 5.28. The Morgan fingerprint density at radius 1 is 1.14 bits per heavy atom. The van der Waals surface area contributed by atoms with Gasteiger partial charge in [-0.15, -0.1) is 0 Å². The number of pyridine rings is 1. The van der Waals surface area contributed by atoms with Crippen LogP contribution in [0.2, 0.25) is 0 Å². The Labute approximate surface area is 208 Å². The van der Waals surface area contributed by atoms with E-state index in [2.05, 4.69) is 15.6 Å². The molecule has 1 fully saturated rings. The van der Waals surface area contributed by atoms with Crippen LogP contribution in [0.1, 0.15) is 50.7 Å². The summed E-state index contributed by atoms with van der Waals surface area (Å²) in [6, 6.07) is 10.4. The molecule has 0 atom stereocenters. The van der Waals surface area contributed by atoms with E-state index >= 15 is 0 Å². The van der Waals surface area contributed by atoms with E-state index in [4.69, 9.17) is 15.1 Å². The van der Waals surface area contributed by atoms with Gasteiger partial charge in [0.15, 0.2) is 11.5 Å². The number of benzene rings is 1. The van der Waals surface area contributed by atoms with Crippen LogP contribution >= 0.6 is 0 Å². The minimum absolute atomic E-state index is 0.107. The molecule has 1 saturated carbocycles.